The SMILES string of the molecule is CC(=O)O[C@@]12CO[C@@H]1C[C@@H]1O[Si](C)(C)CC[Si](C)(C)OC3=C4C(C)[C@@H](O)C[C@@](O)([C@@H](OC(=O)c5ccccc5)[C@H]2[C@]1(C)C3=O)C4(C)C. The van der Waals surface area contributed by atoms with Gasteiger partial charge >= 0.3 is 11.9 Å². The molecular formula is C35H50O10Si2. The van der Waals surface area contributed by atoms with E-state index in [-0.39, 0.29) is 36.6 Å². The molecule has 1 unspecified atom stereocenters. The van der Waals surface area contributed by atoms with E-state index in [0.717, 1.165) is 12.1 Å². The first-order chi connectivity index (χ1) is 21.7. The van der Waals surface area contributed by atoms with Crippen LogP contribution in [0.5, 0.6) is 0 Å². The fourth-order valence-electron chi connectivity index (χ4n) is 9.27. The molecule has 0 amide bonds. The summed E-state index contributed by atoms with van der Waals surface area (Å²) in [4.78, 5) is 42.7. The molecule has 1 aromatic carbocycles. The third-order valence-corrected chi connectivity index (χ3v) is 17.2. The van der Waals surface area contributed by atoms with Gasteiger partial charge in [0.05, 0.1) is 35.7 Å². The topological polar surface area (TPSA) is 138 Å². The van der Waals surface area contributed by atoms with Gasteiger partial charge in [0.2, 0.25) is 14.1 Å². The van der Waals surface area contributed by atoms with E-state index in [1.807, 2.05) is 20.8 Å². The molecule has 2 saturated heterocycles. The minimum atomic E-state index is -2.57. The summed E-state index contributed by atoms with van der Waals surface area (Å²) in [7, 11) is -5.01. The molecule has 12 heteroatoms. The summed E-state index contributed by atoms with van der Waals surface area (Å²) in [5.41, 5.74) is -5.31. The molecule has 258 valence electrons. The molecule has 4 bridgehead atoms. The number of esters is 2. The average Bonchev–Trinajstić information content (AvgIpc) is 2.97. The van der Waals surface area contributed by atoms with Crippen molar-refractivity contribution >= 4 is 34.4 Å². The maximum Gasteiger partial charge on any atom is 0.338 e. The number of ketones is 1. The summed E-state index contributed by atoms with van der Waals surface area (Å²) in [6, 6.07) is 10.0. The van der Waals surface area contributed by atoms with Gasteiger partial charge in [-0.2, -0.15) is 0 Å². The van der Waals surface area contributed by atoms with E-state index in [0.29, 0.717) is 5.57 Å². The van der Waals surface area contributed by atoms with Gasteiger partial charge in [0, 0.05) is 31.1 Å². The summed E-state index contributed by atoms with van der Waals surface area (Å²) >= 11 is 0. The molecule has 5 aliphatic rings. The van der Waals surface area contributed by atoms with Crippen LogP contribution in [-0.2, 0) is 32.7 Å². The normalized spacial score (nSPS) is 41.6. The Bertz CT molecular complexity index is 1510. The van der Waals surface area contributed by atoms with Gasteiger partial charge in [-0.1, -0.05) is 39.0 Å². The Morgan fingerprint density at radius 2 is 1.64 bits per heavy atom. The van der Waals surface area contributed by atoms with Crippen molar-refractivity contribution in [2.24, 2.45) is 22.7 Å². The number of carbonyl (C=O) groups excluding carboxylic acids is 3. The van der Waals surface area contributed by atoms with Gasteiger partial charge in [-0.3, -0.25) is 9.59 Å². The van der Waals surface area contributed by atoms with Crippen LogP contribution in [0.4, 0.5) is 0 Å². The number of aliphatic hydroxyl groups excluding tert-OH is 1. The zero-order valence-electron chi connectivity index (χ0n) is 29.0. The molecule has 1 aromatic rings. The summed E-state index contributed by atoms with van der Waals surface area (Å²) in [6.45, 7) is 17.0. The van der Waals surface area contributed by atoms with Crippen molar-refractivity contribution in [1.82, 2.24) is 0 Å². The van der Waals surface area contributed by atoms with Crippen molar-refractivity contribution in [3.8, 4) is 0 Å². The van der Waals surface area contributed by atoms with Gasteiger partial charge in [-0.15, -0.1) is 0 Å². The second kappa shape index (κ2) is 11.1. The standard InChI is InChI=1S/C35H50O10Si2/c1-20-23(37)18-35(40)30(42-31(39)22-13-11-10-12-14-22)28-33(5)24(17-25-34(28,19-41-25)43-21(2)36)44-46(6,7)15-16-47(8,9)45-27(29(33)38)26(20)32(35,3)4/h10-14,20,23-25,28,30,37,40H,15-19H2,1-9H3/t20?,23-,24-,25+,28-,30-,33+,34-,35+/m0/s1. The highest BCUT2D eigenvalue weighted by molar-refractivity contribution is 6.77. The number of rotatable bonds is 3. The number of ether oxygens (including phenoxy) is 3. The van der Waals surface area contributed by atoms with Crippen LogP contribution in [0.15, 0.2) is 41.7 Å². The van der Waals surface area contributed by atoms with E-state index in [4.69, 9.17) is 23.1 Å². The Balaban J connectivity index is 1.71. The van der Waals surface area contributed by atoms with Crippen LogP contribution in [0.3, 0.4) is 0 Å². The molecule has 2 saturated carbocycles. The van der Waals surface area contributed by atoms with Gasteiger partial charge < -0.3 is 33.3 Å². The third-order valence-electron chi connectivity index (χ3n) is 12.1. The van der Waals surface area contributed by atoms with Crippen molar-refractivity contribution in [2.75, 3.05) is 6.61 Å². The number of carbonyl (C=O) groups is 3. The lowest BCUT2D eigenvalue weighted by molar-refractivity contribution is -0.344. The maximum absolute atomic E-state index is 15.7. The fourth-order valence-corrected chi connectivity index (χ4v) is 16.2. The molecule has 47 heavy (non-hydrogen) atoms. The average molecular weight is 687 g/mol. The number of Topliss-reactive ketones (excluding diaryl/α,β-unsaturated/α-hetero) is 1. The van der Waals surface area contributed by atoms with Crippen LogP contribution < -0.4 is 0 Å². The highest BCUT2D eigenvalue weighted by atomic mass is 28.4. The van der Waals surface area contributed by atoms with Crippen LogP contribution in [0.1, 0.15) is 57.8 Å². The smallest absolute Gasteiger partial charge is 0.338 e. The molecule has 0 radical (unpaired) electrons. The number of hydrogen-bond acceptors (Lipinski definition) is 10. The Hall–Kier alpha value is -2.36. The second-order valence-electron chi connectivity index (χ2n) is 16.4. The molecular weight excluding hydrogens is 637 g/mol. The summed E-state index contributed by atoms with van der Waals surface area (Å²) in [5, 5.41) is 25.0. The van der Waals surface area contributed by atoms with Crippen molar-refractivity contribution < 1.29 is 47.7 Å². The molecule has 6 rings (SSSR count). The lowest BCUT2D eigenvalue weighted by atomic mass is 9.45. The Kier molecular flexibility index (Phi) is 8.13. The minimum absolute atomic E-state index is 0.0554. The minimum Gasteiger partial charge on any atom is -0.542 e. The van der Waals surface area contributed by atoms with Crippen LogP contribution in [0.2, 0.25) is 38.3 Å². The van der Waals surface area contributed by atoms with Crippen molar-refractivity contribution in [3.05, 3.63) is 47.2 Å². The van der Waals surface area contributed by atoms with E-state index >= 15 is 4.79 Å². The summed E-state index contributed by atoms with van der Waals surface area (Å²) < 4.78 is 32.9. The third kappa shape index (κ3) is 5.11. The van der Waals surface area contributed by atoms with E-state index in [9.17, 15) is 19.8 Å². The Morgan fingerprint density at radius 3 is 2.23 bits per heavy atom. The molecule has 0 aromatic heterocycles. The van der Waals surface area contributed by atoms with E-state index in [1.54, 1.807) is 37.3 Å². The van der Waals surface area contributed by atoms with Crippen molar-refractivity contribution in [2.45, 2.75) is 121 Å². The fraction of sp³-hybridized carbons (Fsp3) is 0.686. The van der Waals surface area contributed by atoms with Gasteiger partial charge in [-0.05, 0) is 62.9 Å². The number of allylic oxidation sites excluding steroid dienone is 1. The first-order valence-electron chi connectivity index (χ1n) is 16.8. The highest BCUT2D eigenvalue weighted by Crippen LogP contribution is 2.65. The maximum atomic E-state index is 15.7. The quantitative estimate of drug-likeness (QED) is 0.338. The van der Waals surface area contributed by atoms with Crippen molar-refractivity contribution in [3.63, 3.8) is 0 Å². The van der Waals surface area contributed by atoms with Crippen molar-refractivity contribution in [1.29, 1.82) is 0 Å². The van der Waals surface area contributed by atoms with Crippen LogP contribution in [-0.4, -0.2) is 86.8 Å². The lowest BCUT2D eigenvalue weighted by Crippen LogP contribution is -2.81. The molecule has 10 nitrogen and oxygen atoms in total. The predicted molar refractivity (Wildman–Crippen MR) is 177 cm³/mol. The van der Waals surface area contributed by atoms with E-state index < -0.39 is 86.9 Å². The largest absolute Gasteiger partial charge is 0.542 e. The zero-order chi connectivity index (χ0) is 34.5. The Morgan fingerprint density at radius 1 is 1.00 bits per heavy atom. The summed E-state index contributed by atoms with van der Waals surface area (Å²) in [5.74, 6) is -3.13. The highest BCUT2D eigenvalue weighted by Gasteiger charge is 2.78. The molecule has 2 N–H and O–H groups in total. The van der Waals surface area contributed by atoms with Gasteiger partial charge in [0.1, 0.15) is 23.6 Å². The summed E-state index contributed by atoms with van der Waals surface area (Å²) in [6.07, 6.45) is -3.79. The molecule has 9 atom stereocenters. The van der Waals surface area contributed by atoms with Gasteiger partial charge in [0.25, 0.3) is 0 Å². The van der Waals surface area contributed by atoms with Crippen LogP contribution in [0.25, 0.3) is 0 Å². The monoisotopic (exact) mass is 686 g/mol. The van der Waals surface area contributed by atoms with Crippen LogP contribution >= 0.6 is 0 Å². The lowest BCUT2D eigenvalue weighted by Gasteiger charge is -2.68. The molecule has 2 heterocycles. The van der Waals surface area contributed by atoms with E-state index in [1.165, 1.54) is 6.92 Å². The number of hydrogen-bond donors (Lipinski definition) is 2. The molecule has 3 aliphatic carbocycles. The first kappa shape index (κ1) is 34.5. The van der Waals surface area contributed by atoms with E-state index in [2.05, 4.69) is 26.2 Å². The zero-order valence-corrected chi connectivity index (χ0v) is 31.0. The van der Waals surface area contributed by atoms with Gasteiger partial charge in [0.15, 0.2) is 13.9 Å². The van der Waals surface area contributed by atoms with Gasteiger partial charge in [-0.25, -0.2) is 4.79 Å². The number of fused-ring (bicyclic) bond motifs is 5. The predicted octanol–water partition coefficient (Wildman–Crippen LogP) is 4.76. The molecule has 4 fully saturated rings. The second-order valence-corrected chi connectivity index (χ2v) is 24.9. The Labute approximate surface area is 279 Å². The molecule has 2 aliphatic heterocycles. The number of benzene rings is 1. The molecule has 0 spiro atoms. The number of aliphatic hydroxyl groups is 2. The first-order valence-corrected chi connectivity index (χ1v) is 23.1. The van der Waals surface area contributed by atoms with Crippen LogP contribution in [0, 0.1) is 22.7 Å².